The summed E-state index contributed by atoms with van der Waals surface area (Å²) < 4.78 is 5.39. The van der Waals surface area contributed by atoms with Gasteiger partial charge >= 0.3 is 0 Å². The molecule has 1 saturated heterocycles. The number of nitrogens with one attached hydrogen (secondary N) is 1. The molecule has 6 heteroatoms. The van der Waals surface area contributed by atoms with E-state index in [1.165, 1.54) is 25.6 Å². The maximum absolute atomic E-state index is 12.9. The standard InChI is InChI=1S/C19H26N4O2/c24-18(16-8-17(21-12-20-16)23-1-3-25-4-2-23)22-19-9-13-5-14(10-19)7-15(6-13)11-19/h8,12-15H,1-7,9-11H2,(H,22,24). The van der Waals surface area contributed by atoms with E-state index in [1.54, 1.807) is 0 Å². The summed E-state index contributed by atoms with van der Waals surface area (Å²) in [5.74, 6) is 3.26. The fourth-order valence-electron chi connectivity index (χ4n) is 6.01. The molecule has 2 heterocycles. The van der Waals surface area contributed by atoms with Crippen LogP contribution in [0.5, 0.6) is 0 Å². The minimum absolute atomic E-state index is 0.0237. The lowest BCUT2D eigenvalue weighted by molar-refractivity contribution is -0.0167. The second-order valence-electron chi connectivity index (χ2n) is 8.51. The fraction of sp³-hybridized carbons (Fsp3) is 0.737. The molecule has 0 atom stereocenters. The minimum atomic E-state index is -0.0288. The molecular formula is C19H26N4O2. The van der Waals surface area contributed by atoms with Crippen LogP contribution in [-0.2, 0) is 4.74 Å². The highest BCUT2D eigenvalue weighted by atomic mass is 16.5. The maximum atomic E-state index is 12.9. The Morgan fingerprint density at radius 2 is 1.72 bits per heavy atom. The van der Waals surface area contributed by atoms with Gasteiger partial charge in [-0.05, 0) is 56.3 Å². The van der Waals surface area contributed by atoms with E-state index < -0.39 is 0 Å². The average molecular weight is 342 g/mol. The van der Waals surface area contributed by atoms with Crippen LogP contribution in [-0.4, -0.2) is 47.7 Å². The van der Waals surface area contributed by atoms with Crippen LogP contribution in [0.1, 0.15) is 49.0 Å². The van der Waals surface area contributed by atoms with E-state index in [0.717, 1.165) is 55.9 Å². The first-order valence-corrected chi connectivity index (χ1v) is 9.66. The Morgan fingerprint density at radius 3 is 2.36 bits per heavy atom. The number of morpholine rings is 1. The Kier molecular flexibility index (Phi) is 3.69. The molecule has 4 bridgehead atoms. The molecule has 1 aromatic rings. The van der Waals surface area contributed by atoms with E-state index in [2.05, 4.69) is 20.2 Å². The molecular weight excluding hydrogens is 316 g/mol. The number of anilines is 1. The van der Waals surface area contributed by atoms with Crippen LogP contribution in [0.25, 0.3) is 0 Å². The van der Waals surface area contributed by atoms with E-state index in [9.17, 15) is 4.79 Å². The smallest absolute Gasteiger partial charge is 0.270 e. The topological polar surface area (TPSA) is 67.4 Å². The van der Waals surface area contributed by atoms with Crippen LogP contribution in [0.3, 0.4) is 0 Å². The molecule has 5 aliphatic rings. The molecule has 6 rings (SSSR count). The predicted octanol–water partition coefficient (Wildman–Crippen LogP) is 2.01. The summed E-state index contributed by atoms with van der Waals surface area (Å²) in [6, 6.07) is 1.83. The summed E-state index contributed by atoms with van der Waals surface area (Å²) in [4.78, 5) is 23.7. The van der Waals surface area contributed by atoms with E-state index in [4.69, 9.17) is 4.74 Å². The Balaban J connectivity index is 1.33. The van der Waals surface area contributed by atoms with Gasteiger partial charge in [-0.3, -0.25) is 4.79 Å². The van der Waals surface area contributed by atoms with Gasteiger partial charge < -0.3 is 15.0 Å². The monoisotopic (exact) mass is 342 g/mol. The van der Waals surface area contributed by atoms with Crippen molar-refractivity contribution < 1.29 is 9.53 Å². The second kappa shape index (κ2) is 5.94. The zero-order valence-corrected chi connectivity index (χ0v) is 14.6. The summed E-state index contributed by atoms with van der Waals surface area (Å²) in [5.41, 5.74) is 0.517. The lowest BCUT2D eigenvalue weighted by Gasteiger charge is -2.56. The molecule has 0 spiro atoms. The van der Waals surface area contributed by atoms with Crippen molar-refractivity contribution >= 4 is 11.7 Å². The molecule has 134 valence electrons. The fourth-order valence-corrected chi connectivity index (χ4v) is 6.01. The van der Waals surface area contributed by atoms with Gasteiger partial charge in [-0.15, -0.1) is 0 Å². The number of amides is 1. The summed E-state index contributed by atoms with van der Waals surface area (Å²) in [7, 11) is 0. The Hall–Kier alpha value is -1.69. The average Bonchev–Trinajstić information content (AvgIpc) is 2.61. The summed E-state index contributed by atoms with van der Waals surface area (Å²) in [5, 5.41) is 3.40. The van der Waals surface area contributed by atoms with Gasteiger partial charge in [0.15, 0.2) is 0 Å². The van der Waals surface area contributed by atoms with Gasteiger partial charge in [0.1, 0.15) is 17.8 Å². The maximum Gasteiger partial charge on any atom is 0.270 e. The van der Waals surface area contributed by atoms with Crippen LogP contribution in [0, 0.1) is 17.8 Å². The van der Waals surface area contributed by atoms with E-state index in [1.807, 2.05) is 6.07 Å². The van der Waals surface area contributed by atoms with Crippen molar-refractivity contribution in [2.45, 2.75) is 44.1 Å². The Morgan fingerprint density at radius 1 is 1.08 bits per heavy atom. The number of aromatic nitrogens is 2. The first-order valence-electron chi connectivity index (χ1n) is 9.66. The first kappa shape index (κ1) is 15.6. The number of nitrogens with zero attached hydrogens (tertiary/aromatic N) is 3. The zero-order valence-electron chi connectivity index (χ0n) is 14.6. The van der Waals surface area contributed by atoms with Gasteiger partial charge in [-0.1, -0.05) is 0 Å². The molecule has 4 saturated carbocycles. The van der Waals surface area contributed by atoms with Crippen molar-refractivity contribution in [1.82, 2.24) is 15.3 Å². The zero-order chi connectivity index (χ0) is 16.9. The van der Waals surface area contributed by atoms with Crippen LogP contribution in [0.15, 0.2) is 12.4 Å². The SMILES string of the molecule is O=C(NC12CC3CC(CC(C3)C1)C2)c1cc(N2CCOCC2)ncn1. The van der Waals surface area contributed by atoms with Crippen molar-refractivity contribution in [2.24, 2.45) is 17.8 Å². The minimum Gasteiger partial charge on any atom is -0.378 e. The third-order valence-electron chi connectivity index (χ3n) is 6.64. The third kappa shape index (κ3) is 2.90. The van der Waals surface area contributed by atoms with Crippen molar-refractivity contribution in [3.05, 3.63) is 18.1 Å². The molecule has 0 radical (unpaired) electrons. The summed E-state index contributed by atoms with van der Waals surface area (Å²) in [6.45, 7) is 3.04. The van der Waals surface area contributed by atoms with Gasteiger partial charge in [-0.2, -0.15) is 0 Å². The molecule has 6 nitrogen and oxygen atoms in total. The second-order valence-corrected chi connectivity index (χ2v) is 8.51. The lowest BCUT2D eigenvalue weighted by atomic mass is 9.53. The van der Waals surface area contributed by atoms with Gasteiger partial charge in [0.05, 0.1) is 13.2 Å². The van der Waals surface area contributed by atoms with E-state index in [-0.39, 0.29) is 11.4 Å². The highest BCUT2D eigenvalue weighted by Gasteiger charge is 2.51. The molecule has 25 heavy (non-hydrogen) atoms. The number of ether oxygens (including phenoxy) is 1. The predicted molar refractivity (Wildman–Crippen MR) is 93.4 cm³/mol. The Labute approximate surface area is 148 Å². The summed E-state index contributed by atoms with van der Waals surface area (Å²) >= 11 is 0. The van der Waals surface area contributed by atoms with Crippen LogP contribution >= 0.6 is 0 Å². The molecule has 0 aromatic carbocycles. The quantitative estimate of drug-likeness (QED) is 0.910. The van der Waals surface area contributed by atoms with E-state index >= 15 is 0 Å². The molecule has 0 unspecified atom stereocenters. The number of carbonyl (C=O) groups is 1. The number of carbonyl (C=O) groups excluding carboxylic acids is 1. The normalized spacial score (nSPS) is 36.5. The Bertz CT molecular complexity index is 636. The summed E-state index contributed by atoms with van der Waals surface area (Å²) in [6.07, 6.45) is 9.13. The number of hydrogen-bond donors (Lipinski definition) is 1. The van der Waals surface area contributed by atoms with Crippen molar-refractivity contribution in [2.75, 3.05) is 31.2 Å². The van der Waals surface area contributed by atoms with Crippen molar-refractivity contribution in [1.29, 1.82) is 0 Å². The van der Waals surface area contributed by atoms with Gasteiger partial charge in [0.25, 0.3) is 5.91 Å². The lowest BCUT2D eigenvalue weighted by Crippen LogP contribution is -2.59. The number of rotatable bonds is 3. The van der Waals surface area contributed by atoms with Crippen molar-refractivity contribution in [3.63, 3.8) is 0 Å². The van der Waals surface area contributed by atoms with Gasteiger partial charge in [-0.25, -0.2) is 9.97 Å². The van der Waals surface area contributed by atoms with Crippen LogP contribution in [0.2, 0.25) is 0 Å². The molecule has 4 aliphatic carbocycles. The molecule has 1 aromatic heterocycles. The van der Waals surface area contributed by atoms with Crippen LogP contribution < -0.4 is 10.2 Å². The molecule has 1 aliphatic heterocycles. The molecule has 1 N–H and O–H groups in total. The molecule has 1 amide bonds. The highest BCUT2D eigenvalue weighted by molar-refractivity contribution is 5.93. The molecule has 5 fully saturated rings. The van der Waals surface area contributed by atoms with Gasteiger partial charge in [0, 0.05) is 24.7 Å². The third-order valence-corrected chi connectivity index (χ3v) is 6.64. The van der Waals surface area contributed by atoms with Crippen molar-refractivity contribution in [3.8, 4) is 0 Å². The van der Waals surface area contributed by atoms with E-state index in [0.29, 0.717) is 18.9 Å². The highest BCUT2D eigenvalue weighted by Crippen LogP contribution is 2.55. The van der Waals surface area contributed by atoms with Gasteiger partial charge in [0.2, 0.25) is 0 Å². The first-order chi connectivity index (χ1) is 12.2. The number of hydrogen-bond acceptors (Lipinski definition) is 5. The van der Waals surface area contributed by atoms with Crippen LogP contribution in [0.4, 0.5) is 5.82 Å². The largest absolute Gasteiger partial charge is 0.378 e.